The highest BCUT2D eigenvalue weighted by atomic mass is 32.1. The minimum Gasteiger partial charge on any atom is -0.463 e. The van der Waals surface area contributed by atoms with Crippen molar-refractivity contribution in [1.29, 1.82) is 0 Å². The van der Waals surface area contributed by atoms with Gasteiger partial charge in [-0.3, -0.25) is 24.0 Å². The number of aromatic nitrogens is 1. The van der Waals surface area contributed by atoms with Crippen molar-refractivity contribution < 1.29 is 52.0 Å². The Morgan fingerprint density at radius 1 is 0.927 bits per heavy atom. The molecule has 0 aliphatic carbocycles. The standard InChI is InChI=1S/C27H27NO12S/c1-12-22(19-10-41-11-28-19)23(33)18-7-6-17(8-20(18)35-12)39-27-26(38-16(5)32)25(37-15(4)31)24(36-14(3)30)21(40-27)9-34-13(2)29/h6-8,10-11,21,24-27H,9H2,1-5H3/t21-,24-,25+,26+,27-/m0/s1. The molecule has 0 N–H and O–H groups in total. The first-order chi connectivity index (χ1) is 19.4. The number of benzene rings is 1. The van der Waals surface area contributed by atoms with Gasteiger partial charge in [-0.15, -0.1) is 11.3 Å². The quantitative estimate of drug-likeness (QED) is 0.278. The topological polar surface area (TPSA) is 167 Å². The Kier molecular flexibility index (Phi) is 9.03. The van der Waals surface area contributed by atoms with Gasteiger partial charge in [-0.05, 0) is 19.1 Å². The van der Waals surface area contributed by atoms with E-state index in [0.717, 1.165) is 20.8 Å². The van der Waals surface area contributed by atoms with Crippen molar-refractivity contribution in [3.63, 3.8) is 0 Å². The number of thiazole rings is 1. The summed E-state index contributed by atoms with van der Waals surface area (Å²) in [7, 11) is 0. The molecule has 1 aliphatic rings. The lowest BCUT2D eigenvalue weighted by Gasteiger charge is -2.43. The third-order valence-corrected chi connectivity index (χ3v) is 6.52. The molecule has 5 atom stereocenters. The molecule has 0 amide bonds. The number of carbonyl (C=O) groups is 4. The fraction of sp³-hybridized carbons (Fsp3) is 0.407. The van der Waals surface area contributed by atoms with Crippen molar-refractivity contribution in [3.05, 3.63) is 45.1 Å². The SMILES string of the molecule is CC(=O)OC[C@@H]1O[C@H](Oc2ccc3c(=O)c(-c4cscn4)c(C)oc3c2)[C@H](OC(C)=O)[C@H](OC(C)=O)[C@H]1OC(C)=O. The van der Waals surface area contributed by atoms with Crippen molar-refractivity contribution in [2.45, 2.75) is 65.3 Å². The summed E-state index contributed by atoms with van der Waals surface area (Å²) < 4.78 is 39.1. The maximum absolute atomic E-state index is 13.2. The van der Waals surface area contributed by atoms with Gasteiger partial charge < -0.3 is 32.8 Å². The number of esters is 4. The van der Waals surface area contributed by atoms with E-state index in [-0.39, 0.29) is 22.1 Å². The lowest BCUT2D eigenvalue weighted by Crippen LogP contribution is -2.63. The van der Waals surface area contributed by atoms with E-state index in [9.17, 15) is 24.0 Å². The highest BCUT2D eigenvalue weighted by Crippen LogP contribution is 2.32. The zero-order valence-corrected chi connectivity index (χ0v) is 23.6. The van der Waals surface area contributed by atoms with E-state index in [1.165, 1.54) is 36.5 Å². The highest BCUT2D eigenvalue weighted by molar-refractivity contribution is 7.07. The van der Waals surface area contributed by atoms with E-state index < -0.39 is 61.2 Å². The van der Waals surface area contributed by atoms with E-state index in [0.29, 0.717) is 17.0 Å². The third kappa shape index (κ3) is 6.89. The smallest absolute Gasteiger partial charge is 0.303 e. The number of nitrogens with zero attached hydrogens (tertiary/aromatic N) is 1. The number of hydrogen-bond donors (Lipinski definition) is 0. The van der Waals surface area contributed by atoms with E-state index in [2.05, 4.69) is 4.98 Å². The molecule has 0 unspecified atom stereocenters. The van der Waals surface area contributed by atoms with Crippen LogP contribution in [0, 0.1) is 6.92 Å². The predicted octanol–water partition coefficient (Wildman–Crippen LogP) is 2.69. The van der Waals surface area contributed by atoms with Crippen LogP contribution in [0.2, 0.25) is 0 Å². The molecule has 1 aromatic carbocycles. The van der Waals surface area contributed by atoms with E-state index >= 15 is 0 Å². The Hall–Kier alpha value is -4.30. The van der Waals surface area contributed by atoms with E-state index in [1.54, 1.807) is 17.8 Å². The number of ether oxygens (including phenoxy) is 6. The van der Waals surface area contributed by atoms with Gasteiger partial charge in [0.2, 0.25) is 17.8 Å². The zero-order chi connectivity index (χ0) is 29.8. The molecule has 3 heterocycles. The lowest BCUT2D eigenvalue weighted by atomic mass is 9.98. The predicted molar refractivity (Wildman–Crippen MR) is 141 cm³/mol. The van der Waals surface area contributed by atoms with Crippen LogP contribution in [-0.4, -0.2) is 66.2 Å². The fourth-order valence-electron chi connectivity index (χ4n) is 4.41. The second kappa shape index (κ2) is 12.5. The molecule has 0 spiro atoms. The van der Waals surface area contributed by atoms with Crippen LogP contribution in [-0.2, 0) is 42.9 Å². The van der Waals surface area contributed by atoms with Crippen LogP contribution in [0.3, 0.4) is 0 Å². The summed E-state index contributed by atoms with van der Waals surface area (Å²) in [4.78, 5) is 64.9. The molecule has 3 aromatic rings. The molecule has 1 aliphatic heterocycles. The summed E-state index contributed by atoms with van der Waals surface area (Å²) >= 11 is 1.35. The van der Waals surface area contributed by atoms with Gasteiger partial charge in [-0.25, -0.2) is 4.98 Å². The van der Waals surface area contributed by atoms with Crippen LogP contribution in [0.5, 0.6) is 5.75 Å². The molecular formula is C27H27NO12S. The molecule has 41 heavy (non-hydrogen) atoms. The van der Waals surface area contributed by atoms with Gasteiger partial charge in [0.15, 0.2) is 12.2 Å². The Morgan fingerprint density at radius 2 is 1.59 bits per heavy atom. The van der Waals surface area contributed by atoms with Crippen LogP contribution in [0.4, 0.5) is 0 Å². The molecule has 0 radical (unpaired) electrons. The van der Waals surface area contributed by atoms with Crippen molar-refractivity contribution in [1.82, 2.24) is 4.98 Å². The first-order valence-electron chi connectivity index (χ1n) is 12.4. The molecule has 14 heteroatoms. The molecule has 0 saturated carbocycles. The molecule has 2 aromatic heterocycles. The summed E-state index contributed by atoms with van der Waals surface area (Å²) in [6, 6.07) is 4.42. The minimum atomic E-state index is -1.44. The van der Waals surface area contributed by atoms with Crippen LogP contribution >= 0.6 is 11.3 Å². The largest absolute Gasteiger partial charge is 0.463 e. The molecule has 13 nitrogen and oxygen atoms in total. The maximum atomic E-state index is 13.2. The Balaban J connectivity index is 1.73. The minimum absolute atomic E-state index is 0.141. The van der Waals surface area contributed by atoms with E-state index in [1.807, 2.05) is 0 Å². The molecular weight excluding hydrogens is 562 g/mol. The first-order valence-corrected chi connectivity index (χ1v) is 13.3. The van der Waals surface area contributed by atoms with Crippen LogP contribution in [0.1, 0.15) is 33.5 Å². The monoisotopic (exact) mass is 589 g/mol. The Bertz CT molecular complexity index is 1510. The number of hydrogen-bond acceptors (Lipinski definition) is 14. The van der Waals surface area contributed by atoms with Crippen molar-refractivity contribution in [3.8, 4) is 17.0 Å². The van der Waals surface area contributed by atoms with Gasteiger partial charge >= 0.3 is 23.9 Å². The van der Waals surface area contributed by atoms with Gasteiger partial charge in [0, 0.05) is 39.1 Å². The second-order valence-corrected chi connectivity index (χ2v) is 9.80. The summed E-state index contributed by atoms with van der Waals surface area (Å²) in [5, 5.41) is 2.01. The third-order valence-electron chi connectivity index (χ3n) is 5.93. The number of carbonyl (C=O) groups excluding carboxylic acids is 4. The number of aryl methyl sites for hydroxylation is 1. The van der Waals surface area contributed by atoms with Gasteiger partial charge in [0.05, 0.1) is 22.2 Å². The van der Waals surface area contributed by atoms with Crippen LogP contribution in [0.15, 0.2) is 38.3 Å². The molecule has 4 rings (SSSR count). The number of rotatable bonds is 8. The highest BCUT2D eigenvalue weighted by Gasteiger charge is 2.53. The molecule has 218 valence electrons. The van der Waals surface area contributed by atoms with E-state index in [4.69, 9.17) is 32.8 Å². The number of fused-ring (bicyclic) bond motifs is 1. The molecule has 1 fully saturated rings. The van der Waals surface area contributed by atoms with Gasteiger partial charge in [-0.1, -0.05) is 0 Å². The summed E-state index contributed by atoms with van der Waals surface area (Å²) in [6.45, 7) is 5.79. The summed E-state index contributed by atoms with van der Waals surface area (Å²) in [6.07, 6.45) is -6.73. The lowest BCUT2D eigenvalue weighted by molar-refractivity contribution is -0.288. The second-order valence-electron chi connectivity index (χ2n) is 9.08. The Morgan fingerprint density at radius 3 is 2.20 bits per heavy atom. The van der Waals surface area contributed by atoms with Crippen molar-refractivity contribution >= 4 is 46.2 Å². The van der Waals surface area contributed by atoms with Crippen LogP contribution in [0.25, 0.3) is 22.2 Å². The van der Waals surface area contributed by atoms with Crippen molar-refractivity contribution in [2.75, 3.05) is 6.61 Å². The zero-order valence-electron chi connectivity index (χ0n) is 22.7. The average molecular weight is 590 g/mol. The molecule has 0 bridgehead atoms. The molecule has 1 saturated heterocycles. The maximum Gasteiger partial charge on any atom is 0.303 e. The van der Waals surface area contributed by atoms with Crippen molar-refractivity contribution in [2.24, 2.45) is 0 Å². The van der Waals surface area contributed by atoms with Crippen LogP contribution < -0.4 is 10.2 Å². The van der Waals surface area contributed by atoms with Gasteiger partial charge in [-0.2, -0.15) is 0 Å². The normalized spacial score (nSPS) is 22.0. The summed E-state index contributed by atoms with van der Waals surface area (Å²) in [5.41, 5.74) is 2.37. The van der Waals surface area contributed by atoms with Gasteiger partial charge in [0.25, 0.3) is 0 Å². The first kappa shape index (κ1) is 29.7. The summed E-state index contributed by atoms with van der Waals surface area (Å²) in [5.74, 6) is -2.44. The Labute approximate surface area is 237 Å². The average Bonchev–Trinajstić information content (AvgIpc) is 3.40. The fourth-order valence-corrected chi connectivity index (χ4v) is 4.95. The van der Waals surface area contributed by atoms with Gasteiger partial charge in [0.1, 0.15) is 29.8 Å².